The Labute approximate surface area is 149 Å². The van der Waals surface area contributed by atoms with Crippen LogP contribution in [0.4, 0.5) is 0 Å². The summed E-state index contributed by atoms with van der Waals surface area (Å²) in [5.74, 6) is -1.52. The van der Waals surface area contributed by atoms with Crippen LogP contribution >= 0.6 is 27.5 Å². The number of carbonyl (C=O) groups is 1. The van der Waals surface area contributed by atoms with E-state index in [1.165, 1.54) is 0 Å². The highest BCUT2D eigenvalue weighted by atomic mass is 79.9. The van der Waals surface area contributed by atoms with Crippen LogP contribution in [0, 0.1) is 0 Å². The Kier molecular flexibility index (Phi) is 6.21. The van der Waals surface area contributed by atoms with Crippen molar-refractivity contribution in [3.05, 3.63) is 33.9 Å². The zero-order valence-corrected chi connectivity index (χ0v) is 14.3. The third-order valence-corrected chi connectivity index (χ3v) is 4.77. The van der Waals surface area contributed by atoms with Crippen molar-refractivity contribution in [2.24, 2.45) is 0 Å². The Balaban J connectivity index is 0.000000175. The van der Waals surface area contributed by atoms with E-state index in [0.717, 1.165) is 15.4 Å². The molecule has 1 aromatic carbocycles. The minimum atomic E-state index is -1.81. The van der Waals surface area contributed by atoms with Crippen molar-refractivity contribution in [1.29, 1.82) is 0 Å². The summed E-state index contributed by atoms with van der Waals surface area (Å²) in [6.45, 7) is 0. The number of benzene rings is 1. The number of fused-ring (bicyclic) bond motifs is 1. The molecule has 0 aliphatic carbocycles. The molecule has 5 atom stereocenters. The lowest BCUT2D eigenvalue weighted by Gasteiger charge is -2.36. The second kappa shape index (κ2) is 7.79. The Hall–Kier alpha value is -1.20. The van der Waals surface area contributed by atoms with Gasteiger partial charge in [0.25, 0.3) is 0 Å². The largest absolute Gasteiger partial charge is 0.479 e. The number of aliphatic hydroxyl groups excluding tert-OH is 4. The van der Waals surface area contributed by atoms with Crippen molar-refractivity contribution >= 4 is 44.4 Å². The average Bonchev–Trinajstić information content (AvgIpc) is 2.84. The van der Waals surface area contributed by atoms with Gasteiger partial charge in [-0.1, -0.05) is 29.8 Å². The van der Waals surface area contributed by atoms with Gasteiger partial charge in [-0.15, -0.1) is 0 Å². The number of para-hydroxylation sites is 1. The van der Waals surface area contributed by atoms with Crippen molar-refractivity contribution in [1.82, 2.24) is 4.98 Å². The number of aromatic nitrogens is 1. The first-order valence-corrected chi connectivity index (χ1v) is 7.93. The van der Waals surface area contributed by atoms with Crippen LogP contribution in [0.3, 0.4) is 0 Å². The Bertz CT molecular complexity index is 724. The molecule has 0 radical (unpaired) electrons. The van der Waals surface area contributed by atoms with Gasteiger partial charge in [0.2, 0.25) is 0 Å². The minimum absolute atomic E-state index is 0.659. The lowest BCUT2D eigenvalue weighted by atomic mass is 9.99. The van der Waals surface area contributed by atoms with Crippen LogP contribution in [0.25, 0.3) is 10.9 Å². The van der Waals surface area contributed by atoms with Gasteiger partial charge in [-0.2, -0.15) is 0 Å². The van der Waals surface area contributed by atoms with Gasteiger partial charge in [-0.25, -0.2) is 4.79 Å². The Morgan fingerprint density at radius 1 is 1.12 bits per heavy atom. The summed E-state index contributed by atoms with van der Waals surface area (Å²) in [4.78, 5) is 13.4. The van der Waals surface area contributed by atoms with Crippen LogP contribution in [0.5, 0.6) is 0 Å². The fourth-order valence-electron chi connectivity index (χ4n) is 2.14. The molecule has 6 N–H and O–H groups in total. The highest BCUT2D eigenvalue weighted by molar-refractivity contribution is 9.10. The average molecular weight is 425 g/mol. The maximum atomic E-state index is 10.4. The number of aliphatic carboxylic acids is 1. The van der Waals surface area contributed by atoms with Crippen molar-refractivity contribution in [3.8, 4) is 0 Å². The van der Waals surface area contributed by atoms with Gasteiger partial charge in [0, 0.05) is 10.9 Å². The standard InChI is InChI=1S/C8H5BrClN.C6H10O7/c9-7-5-3-1-2-4-6(5)11-8(7)10;7-1-2(8)4(5(10)11)13-6(12)3(1)9/h1-4,11H;1-4,6-9,12H,(H,10,11)/t;1-,2-,3+,4-,6?/m.0/s1. The van der Waals surface area contributed by atoms with Crippen LogP contribution in [0.15, 0.2) is 28.7 Å². The van der Waals surface area contributed by atoms with Crippen molar-refractivity contribution in [3.63, 3.8) is 0 Å². The second-order valence-electron chi connectivity index (χ2n) is 5.06. The number of carboxylic acids is 1. The molecular weight excluding hydrogens is 410 g/mol. The van der Waals surface area contributed by atoms with E-state index in [1.807, 2.05) is 24.3 Å². The monoisotopic (exact) mass is 423 g/mol. The zero-order valence-electron chi connectivity index (χ0n) is 12.0. The number of halogens is 2. The molecule has 1 aliphatic heterocycles. The molecule has 1 aliphatic rings. The second-order valence-corrected chi connectivity index (χ2v) is 6.23. The van der Waals surface area contributed by atoms with E-state index in [2.05, 4.69) is 25.7 Å². The van der Waals surface area contributed by atoms with E-state index < -0.39 is 36.7 Å². The molecule has 0 saturated carbocycles. The molecule has 2 aromatic rings. The summed E-state index contributed by atoms with van der Waals surface area (Å²) in [5.41, 5.74) is 1.06. The first kappa shape index (κ1) is 19.1. The van der Waals surface area contributed by atoms with E-state index in [1.54, 1.807) is 0 Å². The fraction of sp³-hybridized carbons (Fsp3) is 0.357. The number of hydrogen-bond acceptors (Lipinski definition) is 6. The summed E-state index contributed by atoms with van der Waals surface area (Å²) >= 11 is 9.24. The predicted molar refractivity (Wildman–Crippen MR) is 87.5 cm³/mol. The van der Waals surface area contributed by atoms with Gasteiger partial charge in [-0.05, 0) is 22.0 Å². The highest BCUT2D eigenvalue weighted by Crippen LogP contribution is 2.30. The van der Waals surface area contributed by atoms with Crippen LogP contribution in [0.2, 0.25) is 5.15 Å². The quantitative estimate of drug-likeness (QED) is 0.390. The molecule has 1 aromatic heterocycles. The van der Waals surface area contributed by atoms with E-state index in [-0.39, 0.29) is 0 Å². The molecule has 0 bridgehead atoms. The molecule has 1 saturated heterocycles. The van der Waals surface area contributed by atoms with E-state index in [4.69, 9.17) is 37.1 Å². The number of aliphatic hydroxyl groups is 4. The maximum absolute atomic E-state index is 10.4. The number of nitrogens with one attached hydrogen (secondary N) is 1. The van der Waals surface area contributed by atoms with E-state index in [9.17, 15) is 4.79 Å². The van der Waals surface area contributed by atoms with Crippen LogP contribution in [-0.4, -0.2) is 67.2 Å². The van der Waals surface area contributed by atoms with Gasteiger partial charge in [0.1, 0.15) is 23.5 Å². The summed E-state index contributed by atoms with van der Waals surface area (Å²) in [6.07, 6.45) is -8.72. The maximum Gasteiger partial charge on any atom is 0.335 e. The number of H-pyrrole nitrogens is 1. The van der Waals surface area contributed by atoms with Crippen molar-refractivity contribution in [2.45, 2.75) is 30.7 Å². The van der Waals surface area contributed by atoms with Gasteiger partial charge >= 0.3 is 5.97 Å². The first-order chi connectivity index (χ1) is 11.2. The third-order valence-electron chi connectivity index (χ3n) is 3.43. The molecule has 0 spiro atoms. The number of ether oxygens (including phenoxy) is 1. The molecule has 10 heteroatoms. The van der Waals surface area contributed by atoms with E-state index in [0.29, 0.717) is 5.15 Å². The normalized spacial score (nSPS) is 29.8. The third kappa shape index (κ3) is 3.89. The molecule has 24 heavy (non-hydrogen) atoms. The van der Waals surface area contributed by atoms with Gasteiger partial charge in [0.05, 0.1) is 4.47 Å². The number of rotatable bonds is 1. The van der Waals surface area contributed by atoms with Gasteiger partial charge in [0.15, 0.2) is 12.4 Å². The molecular formula is C14H15BrClNO7. The van der Waals surface area contributed by atoms with Crippen LogP contribution < -0.4 is 0 Å². The van der Waals surface area contributed by atoms with Crippen molar-refractivity contribution < 1.29 is 35.1 Å². The highest BCUT2D eigenvalue weighted by Gasteiger charge is 2.46. The van der Waals surface area contributed by atoms with Gasteiger partial charge in [-0.3, -0.25) is 0 Å². The lowest BCUT2D eigenvalue weighted by molar-refractivity contribution is -0.279. The number of aromatic amines is 1. The zero-order chi connectivity index (χ0) is 18.0. The fourth-order valence-corrected chi connectivity index (χ4v) is 2.79. The van der Waals surface area contributed by atoms with Crippen molar-refractivity contribution in [2.75, 3.05) is 0 Å². The molecule has 8 nitrogen and oxygen atoms in total. The van der Waals surface area contributed by atoms with Crippen LogP contribution in [-0.2, 0) is 9.53 Å². The summed E-state index contributed by atoms with van der Waals surface area (Å²) in [5, 5.41) is 46.1. The summed E-state index contributed by atoms with van der Waals surface area (Å²) in [6, 6.07) is 7.96. The van der Waals surface area contributed by atoms with E-state index >= 15 is 0 Å². The molecule has 2 heterocycles. The topological polar surface area (TPSA) is 143 Å². The minimum Gasteiger partial charge on any atom is -0.479 e. The summed E-state index contributed by atoms with van der Waals surface area (Å²) in [7, 11) is 0. The molecule has 3 rings (SSSR count). The predicted octanol–water partition coefficient (Wildman–Crippen LogP) is 0.455. The SMILES string of the molecule is Clc1[nH]c2ccccc2c1Br.O=C(O)[C@H]1OC(O)[C@H](O)[C@@H](O)[C@@H]1O. The molecule has 132 valence electrons. The van der Waals surface area contributed by atoms with Crippen LogP contribution in [0.1, 0.15) is 0 Å². The molecule has 0 amide bonds. The molecule has 1 fully saturated rings. The summed E-state index contributed by atoms with van der Waals surface area (Å²) < 4.78 is 5.28. The Morgan fingerprint density at radius 3 is 2.33 bits per heavy atom. The first-order valence-electron chi connectivity index (χ1n) is 6.76. The smallest absolute Gasteiger partial charge is 0.335 e. The van der Waals surface area contributed by atoms with Gasteiger partial charge < -0.3 is 35.3 Å². The lowest BCUT2D eigenvalue weighted by Crippen LogP contribution is -2.59. The molecule has 1 unspecified atom stereocenters. The Morgan fingerprint density at radius 2 is 1.75 bits per heavy atom. The number of carboxylic acid groups (broad SMARTS) is 1. The number of hydrogen-bond donors (Lipinski definition) is 6.